The minimum atomic E-state index is 0.0403. The predicted molar refractivity (Wildman–Crippen MR) is 86.3 cm³/mol. The van der Waals surface area contributed by atoms with Crippen molar-refractivity contribution in [3.63, 3.8) is 0 Å². The van der Waals surface area contributed by atoms with E-state index >= 15 is 0 Å². The van der Waals surface area contributed by atoms with Crippen molar-refractivity contribution in [2.24, 2.45) is 0 Å². The lowest BCUT2D eigenvalue weighted by Crippen LogP contribution is -2.41. The Bertz CT molecular complexity index is 485. The molecule has 1 saturated heterocycles. The van der Waals surface area contributed by atoms with Crippen LogP contribution in [0.5, 0.6) is 5.75 Å². The van der Waals surface area contributed by atoms with Crippen LogP contribution in [0.25, 0.3) is 0 Å². The maximum atomic E-state index is 11.8. The van der Waals surface area contributed by atoms with Gasteiger partial charge >= 0.3 is 0 Å². The van der Waals surface area contributed by atoms with Crippen molar-refractivity contribution in [3.05, 3.63) is 29.3 Å². The van der Waals surface area contributed by atoms with Gasteiger partial charge in [-0.3, -0.25) is 9.69 Å². The molecule has 2 rings (SSSR count). The van der Waals surface area contributed by atoms with E-state index in [1.54, 1.807) is 0 Å². The number of rotatable bonds is 7. The maximum Gasteiger partial charge on any atom is 0.223 e. The third-order valence-electron chi connectivity index (χ3n) is 4.00. The number of carbonyl (C=O) groups excluding carboxylic acids is 1. The van der Waals surface area contributed by atoms with E-state index in [-0.39, 0.29) is 5.91 Å². The maximum absolute atomic E-state index is 11.8. The van der Waals surface area contributed by atoms with Crippen molar-refractivity contribution >= 4 is 5.91 Å². The number of morpholine rings is 1. The third kappa shape index (κ3) is 5.31. The van der Waals surface area contributed by atoms with Gasteiger partial charge in [0.15, 0.2) is 0 Å². The zero-order valence-corrected chi connectivity index (χ0v) is 13.6. The fraction of sp³-hybridized carbons (Fsp3) is 0.588. The van der Waals surface area contributed by atoms with Crippen LogP contribution < -0.4 is 10.1 Å². The number of carbonyl (C=O) groups is 1. The summed E-state index contributed by atoms with van der Waals surface area (Å²) in [4.78, 5) is 14.1. The van der Waals surface area contributed by atoms with Gasteiger partial charge in [-0.05, 0) is 31.0 Å². The molecule has 1 fully saturated rings. The average Bonchev–Trinajstić information content (AvgIpc) is 2.52. The first-order chi connectivity index (χ1) is 10.7. The molecule has 1 aliphatic heterocycles. The minimum absolute atomic E-state index is 0.0403. The number of nitrogens with zero attached hydrogens (tertiary/aromatic N) is 1. The largest absolute Gasteiger partial charge is 0.493 e. The van der Waals surface area contributed by atoms with E-state index in [4.69, 9.17) is 9.47 Å². The fourth-order valence-electron chi connectivity index (χ4n) is 2.40. The summed E-state index contributed by atoms with van der Waals surface area (Å²) in [5.41, 5.74) is 2.34. The molecule has 1 heterocycles. The second-order valence-electron chi connectivity index (χ2n) is 5.60. The van der Waals surface area contributed by atoms with E-state index in [2.05, 4.69) is 23.2 Å². The van der Waals surface area contributed by atoms with Crippen molar-refractivity contribution in [2.75, 3.05) is 46.0 Å². The Morgan fingerprint density at radius 1 is 1.32 bits per heavy atom. The van der Waals surface area contributed by atoms with Gasteiger partial charge in [-0.25, -0.2) is 0 Å². The van der Waals surface area contributed by atoms with Crippen LogP contribution in [0.1, 0.15) is 17.5 Å². The van der Waals surface area contributed by atoms with Gasteiger partial charge in [-0.2, -0.15) is 0 Å². The lowest BCUT2D eigenvalue weighted by Gasteiger charge is -2.26. The molecular formula is C17H26N2O3. The summed E-state index contributed by atoms with van der Waals surface area (Å²) >= 11 is 0. The number of aryl methyl sites for hydroxylation is 1. The lowest BCUT2D eigenvalue weighted by atomic mass is 10.1. The van der Waals surface area contributed by atoms with Crippen LogP contribution in [0.15, 0.2) is 18.2 Å². The molecule has 0 atom stereocenters. The fourth-order valence-corrected chi connectivity index (χ4v) is 2.40. The monoisotopic (exact) mass is 306 g/mol. The van der Waals surface area contributed by atoms with Gasteiger partial charge in [0.25, 0.3) is 0 Å². The topological polar surface area (TPSA) is 50.8 Å². The van der Waals surface area contributed by atoms with Crippen LogP contribution in [-0.2, 0) is 9.53 Å². The van der Waals surface area contributed by atoms with Crippen molar-refractivity contribution < 1.29 is 14.3 Å². The van der Waals surface area contributed by atoms with Crippen LogP contribution in [0, 0.1) is 13.8 Å². The van der Waals surface area contributed by atoms with E-state index in [1.807, 2.05) is 19.1 Å². The Kier molecular flexibility index (Phi) is 6.68. The zero-order valence-electron chi connectivity index (χ0n) is 13.6. The summed E-state index contributed by atoms with van der Waals surface area (Å²) in [5, 5.41) is 2.94. The van der Waals surface area contributed by atoms with Gasteiger partial charge in [0.2, 0.25) is 5.91 Å². The van der Waals surface area contributed by atoms with Crippen LogP contribution >= 0.6 is 0 Å². The van der Waals surface area contributed by atoms with E-state index < -0.39 is 0 Å². The number of nitrogens with one attached hydrogen (secondary N) is 1. The van der Waals surface area contributed by atoms with Gasteiger partial charge in [0.1, 0.15) is 5.75 Å². The molecule has 5 nitrogen and oxygen atoms in total. The molecule has 0 aromatic heterocycles. The molecule has 22 heavy (non-hydrogen) atoms. The molecule has 0 saturated carbocycles. The molecule has 1 aromatic rings. The summed E-state index contributed by atoms with van der Waals surface area (Å²) in [6.45, 7) is 9.54. The van der Waals surface area contributed by atoms with E-state index in [0.29, 0.717) is 19.6 Å². The molecule has 0 radical (unpaired) electrons. The molecule has 1 aromatic carbocycles. The molecule has 1 N–H and O–H groups in total. The predicted octanol–water partition coefficient (Wildman–Crippen LogP) is 1.52. The van der Waals surface area contributed by atoms with Crippen LogP contribution in [-0.4, -0.2) is 56.8 Å². The second kappa shape index (κ2) is 8.76. The number of benzene rings is 1. The first-order valence-corrected chi connectivity index (χ1v) is 7.92. The molecule has 0 unspecified atom stereocenters. The van der Waals surface area contributed by atoms with E-state index in [9.17, 15) is 4.79 Å². The first kappa shape index (κ1) is 16.8. The standard InChI is InChI=1S/C17H26N2O3/c1-14-4-3-5-16(15(14)2)22-11-6-17(20)18-7-8-19-9-12-21-13-10-19/h3-5H,6-13H2,1-2H3,(H,18,20). The number of hydrogen-bond acceptors (Lipinski definition) is 4. The summed E-state index contributed by atoms with van der Waals surface area (Å²) in [6.07, 6.45) is 0.385. The summed E-state index contributed by atoms with van der Waals surface area (Å²) in [6, 6.07) is 5.97. The number of hydrogen-bond donors (Lipinski definition) is 1. The lowest BCUT2D eigenvalue weighted by molar-refractivity contribution is -0.121. The van der Waals surface area contributed by atoms with Gasteiger partial charge in [0.05, 0.1) is 26.2 Å². The molecule has 0 bridgehead atoms. The van der Waals surface area contributed by atoms with E-state index in [1.165, 1.54) is 5.56 Å². The van der Waals surface area contributed by atoms with E-state index in [0.717, 1.165) is 44.2 Å². The Morgan fingerprint density at radius 3 is 2.86 bits per heavy atom. The van der Waals surface area contributed by atoms with Crippen molar-refractivity contribution in [1.82, 2.24) is 10.2 Å². The van der Waals surface area contributed by atoms with Crippen molar-refractivity contribution in [3.8, 4) is 5.75 Å². The molecule has 122 valence electrons. The molecule has 1 amide bonds. The zero-order chi connectivity index (χ0) is 15.8. The second-order valence-corrected chi connectivity index (χ2v) is 5.60. The highest BCUT2D eigenvalue weighted by Gasteiger charge is 2.10. The van der Waals surface area contributed by atoms with Gasteiger partial charge in [0, 0.05) is 26.2 Å². The van der Waals surface area contributed by atoms with Gasteiger partial charge in [-0.15, -0.1) is 0 Å². The summed E-state index contributed by atoms with van der Waals surface area (Å²) < 4.78 is 11.0. The van der Waals surface area contributed by atoms with Crippen molar-refractivity contribution in [2.45, 2.75) is 20.3 Å². The SMILES string of the molecule is Cc1cccc(OCCC(=O)NCCN2CCOCC2)c1C. The van der Waals surface area contributed by atoms with Crippen molar-refractivity contribution in [1.29, 1.82) is 0 Å². The Labute approximate surface area is 132 Å². The average molecular weight is 306 g/mol. The third-order valence-corrected chi connectivity index (χ3v) is 4.00. The first-order valence-electron chi connectivity index (χ1n) is 7.92. The molecule has 0 spiro atoms. The molecule has 1 aliphatic rings. The Morgan fingerprint density at radius 2 is 2.09 bits per heavy atom. The summed E-state index contributed by atoms with van der Waals surface area (Å²) in [5.74, 6) is 0.902. The molecule has 5 heteroatoms. The highest BCUT2D eigenvalue weighted by Crippen LogP contribution is 2.20. The Hall–Kier alpha value is -1.59. The van der Waals surface area contributed by atoms with Crippen LogP contribution in [0.3, 0.4) is 0 Å². The number of amides is 1. The highest BCUT2D eigenvalue weighted by molar-refractivity contribution is 5.75. The Balaban J connectivity index is 1.60. The van der Waals surface area contributed by atoms with Gasteiger partial charge < -0.3 is 14.8 Å². The highest BCUT2D eigenvalue weighted by atomic mass is 16.5. The van der Waals surface area contributed by atoms with Crippen LogP contribution in [0.2, 0.25) is 0 Å². The normalized spacial score (nSPS) is 15.5. The molecule has 0 aliphatic carbocycles. The smallest absolute Gasteiger partial charge is 0.223 e. The van der Waals surface area contributed by atoms with Gasteiger partial charge in [-0.1, -0.05) is 12.1 Å². The molecular weight excluding hydrogens is 280 g/mol. The van der Waals surface area contributed by atoms with Crippen LogP contribution in [0.4, 0.5) is 0 Å². The number of ether oxygens (including phenoxy) is 2. The quantitative estimate of drug-likeness (QED) is 0.830. The minimum Gasteiger partial charge on any atom is -0.493 e. The summed E-state index contributed by atoms with van der Waals surface area (Å²) in [7, 11) is 0.